The lowest BCUT2D eigenvalue weighted by Crippen LogP contribution is -2.45. The van der Waals surface area contributed by atoms with Crippen molar-refractivity contribution in [1.29, 1.82) is 0 Å². The molecule has 0 saturated carbocycles. The molecule has 2 rings (SSSR count). The van der Waals surface area contributed by atoms with Gasteiger partial charge in [-0.05, 0) is 49.9 Å². The first-order valence-corrected chi connectivity index (χ1v) is 7.49. The smallest absolute Gasteiger partial charge is 0.223 e. The van der Waals surface area contributed by atoms with Crippen LogP contribution >= 0.6 is 0 Å². The van der Waals surface area contributed by atoms with E-state index in [4.69, 9.17) is 4.74 Å². The molecule has 4 nitrogen and oxygen atoms in total. The number of carbonyl (C=O) groups excluding carboxylic acids is 1. The Morgan fingerprint density at radius 2 is 2.10 bits per heavy atom. The molecule has 1 amide bonds. The van der Waals surface area contributed by atoms with E-state index in [0.29, 0.717) is 25.2 Å². The topological polar surface area (TPSA) is 49.8 Å². The van der Waals surface area contributed by atoms with Crippen molar-refractivity contribution >= 4 is 5.91 Å². The standard InChI is InChI=1S/C16H22FNO3/c17-13-6-8-15(9-7-13)21-11-3-5-16(20)18-10-2-1-4-14(18)12-19/h6-9,14,19H,1-5,10-12H2. The van der Waals surface area contributed by atoms with E-state index in [1.165, 1.54) is 12.1 Å². The van der Waals surface area contributed by atoms with Gasteiger partial charge in [0.1, 0.15) is 11.6 Å². The number of aliphatic hydroxyl groups excluding tert-OH is 1. The van der Waals surface area contributed by atoms with Gasteiger partial charge in [0, 0.05) is 13.0 Å². The van der Waals surface area contributed by atoms with Crippen LogP contribution in [-0.4, -0.2) is 41.7 Å². The summed E-state index contributed by atoms with van der Waals surface area (Å²) in [4.78, 5) is 13.9. The minimum Gasteiger partial charge on any atom is -0.494 e. The van der Waals surface area contributed by atoms with E-state index in [2.05, 4.69) is 0 Å². The zero-order chi connectivity index (χ0) is 15.1. The molecule has 1 aromatic rings. The van der Waals surface area contributed by atoms with Crippen molar-refractivity contribution in [2.75, 3.05) is 19.8 Å². The first-order chi connectivity index (χ1) is 10.2. The lowest BCUT2D eigenvalue weighted by molar-refractivity contribution is -0.136. The molecule has 1 aromatic carbocycles. The van der Waals surface area contributed by atoms with Gasteiger partial charge in [-0.2, -0.15) is 0 Å². The fourth-order valence-electron chi connectivity index (χ4n) is 2.61. The molecule has 0 aromatic heterocycles. The van der Waals surface area contributed by atoms with E-state index < -0.39 is 0 Å². The monoisotopic (exact) mass is 295 g/mol. The number of likely N-dealkylation sites (tertiary alicyclic amines) is 1. The van der Waals surface area contributed by atoms with Crippen LogP contribution in [0.3, 0.4) is 0 Å². The van der Waals surface area contributed by atoms with Crippen molar-refractivity contribution in [3.05, 3.63) is 30.1 Å². The molecule has 21 heavy (non-hydrogen) atoms. The Balaban J connectivity index is 1.70. The van der Waals surface area contributed by atoms with E-state index in [-0.39, 0.29) is 24.4 Å². The van der Waals surface area contributed by atoms with Gasteiger partial charge in [0.2, 0.25) is 5.91 Å². The number of aliphatic hydroxyl groups is 1. The fourth-order valence-corrected chi connectivity index (χ4v) is 2.61. The highest BCUT2D eigenvalue weighted by Crippen LogP contribution is 2.18. The van der Waals surface area contributed by atoms with Crippen LogP contribution in [0.15, 0.2) is 24.3 Å². The number of piperidine rings is 1. The van der Waals surface area contributed by atoms with Crippen molar-refractivity contribution in [1.82, 2.24) is 4.90 Å². The summed E-state index contributed by atoms with van der Waals surface area (Å²) >= 11 is 0. The zero-order valence-electron chi connectivity index (χ0n) is 12.1. The van der Waals surface area contributed by atoms with Crippen molar-refractivity contribution in [2.24, 2.45) is 0 Å². The minimum absolute atomic E-state index is 0.0238. The van der Waals surface area contributed by atoms with Gasteiger partial charge in [-0.25, -0.2) is 4.39 Å². The third-order valence-corrected chi connectivity index (χ3v) is 3.78. The third kappa shape index (κ3) is 4.70. The van der Waals surface area contributed by atoms with Crippen LogP contribution in [0.1, 0.15) is 32.1 Å². The second-order valence-corrected chi connectivity index (χ2v) is 5.33. The number of nitrogens with zero attached hydrogens (tertiary/aromatic N) is 1. The second-order valence-electron chi connectivity index (χ2n) is 5.33. The number of ether oxygens (including phenoxy) is 1. The largest absolute Gasteiger partial charge is 0.494 e. The third-order valence-electron chi connectivity index (χ3n) is 3.78. The Morgan fingerprint density at radius 1 is 1.33 bits per heavy atom. The number of benzene rings is 1. The molecule has 5 heteroatoms. The summed E-state index contributed by atoms with van der Waals surface area (Å²) in [6, 6.07) is 5.82. The second kappa shape index (κ2) is 7.98. The number of carbonyl (C=O) groups is 1. The maximum Gasteiger partial charge on any atom is 0.223 e. The Kier molecular flexibility index (Phi) is 5.99. The molecule has 1 unspecified atom stereocenters. The predicted octanol–water partition coefficient (Wildman–Crippen LogP) is 2.36. The number of halogens is 1. The molecule has 1 aliphatic heterocycles. The molecular weight excluding hydrogens is 273 g/mol. The van der Waals surface area contributed by atoms with Crippen molar-refractivity contribution in [3.8, 4) is 5.75 Å². The van der Waals surface area contributed by atoms with Crippen LogP contribution in [-0.2, 0) is 4.79 Å². The molecule has 1 heterocycles. The van der Waals surface area contributed by atoms with Crippen LogP contribution < -0.4 is 4.74 Å². The molecule has 1 atom stereocenters. The molecule has 1 fully saturated rings. The Bertz CT molecular complexity index is 449. The van der Waals surface area contributed by atoms with Crippen LogP contribution in [0.2, 0.25) is 0 Å². The lowest BCUT2D eigenvalue weighted by atomic mass is 10.0. The first-order valence-electron chi connectivity index (χ1n) is 7.49. The van der Waals surface area contributed by atoms with Gasteiger partial charge in [-0.3, -0.25) is 4.79 Å². The summed E-state index contributed by atoms with van der Waals surface area (Å²) in [5, 5.41) is 9.30. The van der Waals surface area contributed by atoms with E-state index in [9.17, 15) is 14.3 Å². The Morgan fingerprint density at radius 3 is 2.81 bits per heavy atom. The average molecular weight is 295 g/mol. The maximum absolute atomic E-state index is 12.7. The zero-order valence-corrected chi connectivity index (χ0v) is 12.1. The van der Waals surface area contributed by atoms with Gasteiger partial charge in [0.15, 0.2) is 0 Å². The van der Waals surface area contributed by atoms with E-state index >= 15 is 0 Å². The summed E-state index contributed by atoms with van der Waals surface area (Å²) in [7, 11) is 0. The summed E-state index contributed by atoms with van der Waals surface area (Å²) in [6.45, 7) is 1.20. The average Bonchev–Trinajstić information content (AvgIpc) is 2.53. The van der Waals surface area contributed by atoms with Crippen LogP contribution in [0.5, 0.6) is 5.75 Å². The number of amides is 1. The first kappa shape index (κ1) is 15.8. The minimum atomic E-state index is -0.294. The summed E-state index contributed by atoms with van der Waals surface area (Å²) in [6.07, 6.45) is 3.99. The molecule has 0 spiro atoms. The lowest BCUT2D eigenvalue weighted by Gasteiger charge is -2.34. The van der Waals surface area contributed by atoms with Gasteiger partial charge in [-0.15, -0.1) is 0 Å². The van der Waals surface area contributed by atoms with E-state index in [0.717, 1.165) is 25.8 Å². The van der Waals surface area contributed by atoms with Crippen molar-refractivity contribution in [2.45, 2.75) is 38.1 Å². The normalized spacial score (nSPS) is 18.6. The highest BCUT2D eigenvalue weighted by atomic mass is 19.1. The van der Waals surface area contributed by atoms with Gasteiger partial charge in [0.25, 0.3) is 0 Å². The highest BCUT2D eigenvalue weighted by molar-refractivity contribution is 5.76. The summed E-state index contributed by atoms with van der Waals surface area (Å²) < 4.78 is 18.2. The molecule has 1 saturated heterocycles. The Hall–Kier alpha value is -1.62. The molecule has 1 N–H and O–H groups in total. The fraction of sp³-hybridized carbons (Fsp3) is 0.562. The van der Waals surface area contributed by atoms with Crippen LogP contribution in [0, 0.1) is 5.82 Å². The van der Waals surface area contributed by atoms with Crippen molar-refractivity contribution in [3.63, 3.8) is 0 Å². The Labute approximate surface area is 124 Å². The predicted molar refractivity (Wildman–Crippen MR) is 77.6 cm³/mol. The summed E-state index contributed by atoms with van der Waals surface area (Å²) in [5.74, 6) is 0.393. The number of rotatable bonds is 6. The molecule has 116 valence electrons. The molecule has 1 aliphatic rings. The highest BCUT2D eigenvalue weighted by Gasteiger charge is 2.25. The summed E-state index contributed by atoms with van der Waals surface area (Å²) in [5.41, 5.74) is 0. The maximum atomic E-state index is 12.7. The van der Waals surface area contributed by atoms with E-state index in [1.54, 1.807) is 17.0 Å². The quantitative estimate of drug-likeness (QED) is 0.820. The van der Waals surface area contributed by atoms with Crippen molar-refractivity contribution < 1.29 is 19.0 Å². The van der Waals surface area contributed by atoms with Gasteiger partial charge in [-0.1, -0.05) is 0 Å². The van der Waals surface area contributed by atoms with Gasteiger partial charge in [0.05, 0.1) is 19.3 Å². The SMILES string of the molecule is O=C(CCCOc1ccc(F)cc1)N1CCCCC1CO. The van der Waals surface area contributed by atoms with Crippen LogP contribution in [0.4, 0.5) is 4.39 Å². The molecule has 0 bridgehead atoms. The van der Waals surface area contributed by atoms with Gasteiger partial charge < -0.3 is 14.7 Å². The van der Waals surface area contributed by atoms with Crippen LogP contribution in [0.25, 0.3) is 0 Å². The molecule has 0 aliphatic carbocycles. The molecule has 0 radical (unpaired) electrons. The van der Waals surface area contributed by atoms with Gasteiger partial charge >= 0.3 is 0 Å². The molecular formula is C16H22FNO3. The number of hydrogen-bond acceptors (Lipinski definition) is 3. The number of hydrogen-bond donors (Lipinski definition) is 1. The van der Waals surface area contributed by atoms with E-state index in [1.807, 2.05) is 0 Å².